The number of rotatable bonds is 6. The minimum Gasteiger partial charge on any atom is -0.509 e. The van der Waals surface area contributed by atoms with Crippen molar-refractivity contribution in [2.75, 3.05) is 4.90 Å². The van der Waals surface area contributed by atoms with E-state index in [9.17, 15) is 0 Å². The fourth-order valence-electron chi connectivity index (χ4n) is 7.47. The molecule has 0 radical (unpaired) electrons. The average Bonchev–Trinajstić information content (AvgIpc) is 3.74. The van der Waals surface area contributed by atoms with Crippen LogP contribution < -0.4 is 9.64 Å². The van der Waals surface area contributed by atoms with Gasteiger partial charge in [-0.2, -0.15) is 12.1 Å². The second-order valence-corrected chi connectivity index (χ2v) is 13.6. The molecule has 1 aliphatic rings. The Morgan fingerprint density at radius 2 is 1.42 bits per heavy atom. The van der Waals surface area contributed by atoms with Gasteiger partial charge in [-0.05, 0) is 64.6 Å². The van der Waals surface area contributed by atoms with Crippen LogP contribution in [-0.4, -0.2) is 19.1 Å². The number of ether oxygens (including phenoxy) is 1. The molecule has 6 aromatic carbocycles. The van der Waals surface area contributed by atoms with Gasteiger partial charge in [-0.3, -0.25) is 0 Å². The number of anilines is 2. The van der Waals surface area contributed by atoms with Crippen molar-refractivity contribution in [3.05, 3.63) is 182 Å². The third kappa shape index (κ3) is 5.41. The van der Waals surface area contributed by atoms with Crippen LogP contribution >= 0.6 is 0 Å². The zero-order valence-corrected chi connectivity index (χ0v) is 31.2. The van der Waals surface area contributed by atoms with Gasteiger partial charge in [-0.1, -0.05) is 110 Å². The van der Waals surface area contributed by atoms with Crippen molar-refractivity contribution in [2.45, 2.75) is 19.3 Å². The van der Waals surface area contributed by atoms with Gasteiger partial charge in [0.05, 0.1) is 0 Å². The Balaban J connectivity index is 0.00000372. The van der Waals surface area contributed by atoms with E-state index in [0.717, 1.165) is 61.4 Å². The summed E-state index contributed by atoms with van der Waals surface area (Å²) in [5, 5.41) is 2.21. The van der Waals surface area contributed by atoms with Crippen molar-refractivity contribution >= 4 is 44.2 Å². The zero-order chi connectivity index (χ0) is 34.8. The van der Waals surface area contributed by atoms with Crippen molar-refractivity contribution in [3.63, 3.8) is 0 Å². The van der Waals surface area contributed by atoms with Gasteiger partial charge < -0.3 is 23.8 Å². The second-order valence-electron chi connectivity index (χ2n) is 13.6. The van der Waals surface area contributed by atoms with Crippen LogP contribution in [0, 0.1) is 18.8 Å². The van der Waals surface area contributed by atoms with E-state index in [1.54, 1.807) is 0 Å². The van der Waals surface area contributed by atoms with Crippen LogP contribution in [0.3, 0.4) is 0 Å². The van der Waals surface area contributed by atoms with Crippen LogP contribution in [0.15, 0.2) is 152 Å². The van der Waals surface area contributed by atoms with Gasteiger partial charge in [-0.15, -0.1) is 35.7 Å². The first-order valence-corrected chi connectivity index (χ1v) is 17.4. The molecular weight excluding hydrogens is 834 g/mol. The molecule has 0 N–H and O–H groups in total. The summed E-state index contributed by atoms with van der Waals surface area (Å²) in [6.07, 6.45) is 1.90. The van der Waals surface area contributed by atoms with E-state index < -0.39 is 0 Å². The Morgan fingerprint density at radius 1 is 0.660 bits per heavy atom. The van der Waals surface area contributed by atoms with Crippen LogP contribution in [0.4, 0.5) is 11.4 Å². The summed E-state index contributed by atoms with van der Waals surface area (Å²) in [6, 6.07) is 57.1. The first-order valence-electron chi connectivity index (χ1n) is 17.4. The van der Waals surface area contributed by atoms with Crippen molar-refractivity contribution in [1.29, 1.82) is 0 Å². The molecule has 0 saturated heterocycles. The maximum absolute atomic E-state index is 6.55. The standard InChI is InChI=1S/C46H32N5O.Pt/c1-46(2,31-13-4-3-5-14-31)32-25-26-47-44(27-32)51-41-21-10-6-17-36(41)37-24-23-35(29-43(37)51)52-34-16-12-15-33(28-34)49-30-50-42-22-11-8-19-39(42)48-45(50)38-18-7-9-20-40(38)49;/h3-27,30H,1-2H3;/q-3;. The van der Waals surface area contributed by atoms with E-state index >= 15 is 0 Å². The van der Waals surface area contributed by atoms with E-state index in [-0.39, 0.29) is 26.5 Å². The molecule has 7 heteroatoms. The normalized spacial score (nSPS) is 12.3. The van der Waals surface area contributed by atoms with Gasteiger partial charge in [0.25, 0.3) is 0 Å². The number of benzene rings is 6. The largest absolute Gasteiger partial charge is 0.509 e. The van der Waals surface area contributed by atoms with Crippen LogP contribution in [0.2, 0.25) is 0 Å². The number of para-hydroxylation sites is 4. The zero-order valence-electron chi connectivity index (χ0n) is 29.0. The van der Waals surface area contributed by atoms with Crippen molar-refractivity contribution in [2.24, 2.45) is 0 Å². The van der Waals surface area contributed by atoms with Crippen molar-refractivity contribution in [1.82, 2.24) is 19.1 Å². The fourth-order valence-corrected chi connectivity index (χ4v) is 7.47. The van der Waals surface area contributed by atoms with Crippen LogP contribution in [0.5, 0.6) is 11.5 Å². The first kappa shape index (κ1) is 32.8. The summed E-state index contributed by atoms with van der Waals surface area (Å²) in [4.78, 5) is 12.0. The monoisotopic (exact) mass is 865 g/mol. The summed E-state index contributed by atoms with van der Waals surface area (Å²) >= 11 is 0. The van der Waals surface area contributed by atoms with Crippen LogP contribution in [0.1, 0.15) is 25.0 Å². The molecule has 0 aliphatic carbocycles. The van der Waals surface area contributed by atoms with Crippen LogP contribution in [-0.2, 0) is 26.5 Å². The number of hydrogen-bond donors (Lipinski definition) is 0. The third-order valence-corrected chi connectivity index (χ3v) is 10.2. The number of pyridine rings is 1. The number of aromatic nitrogens is 4. The molecule has 9 aromatic rings. The Labute approximate surface area is 322 Å². The predicted octanol–water partition coefficient (Wildman–Crippen LogP) is 11.0. The molecule has 0 saturated carbocycles. The number of imidazole rings is 1. The summed E-state index contributed by atoms with van der Waals surface area (Å²) in [5.41, 5.74) is 9.12. The Morgan fingerprint density at radius 3 is 2.30 bits per heavy atom. The quantitative estimate of drug-likeness (QED) is 0.156. The molecule has 0 spiro atoms. The molecular formula is C46H32N5OPt-3. The SMILES string of the molecule is CC(C)(c1ccccc1)c1ccnc(-n2c3[c-]c(Oc4[c-]c(N5[CH-]n6c(nc7ccccc76)-c6ccccc65)ccc4)ccc3c3ccccc32)c1.[Pt]. The predicted molar refractivity (Wildman–Crippen MR) is 208 cm³/mol. The Kier molecular flexibility index (Phi) is 7.94. The molecule has 53 heavy (non-hydrogen) atoms. The minimum atomic E-state index is -0.213. The third-order valence-electron chi connectivity index (χ3n) is 10.2. The molecule has 0 amide bonds. The van der Waals surface area contributed by atoms with E-state index in [0.29, 0.717) is 11.5 Å². The van der Waals surface area contributed by atoms with E-state index in [4.69, 9.17) is 14.7 Å². The van der Waals surface area contributed by atoms with Gasteiger partial charge in [0.15, 0.2) is 0 Å². The second kappa shape index (κ2) is 12.8. The smallest absolute Gasteiger partial charge is 0.135 e. The van der Waals surface area contributed by atoms with Crippen molar-refractivity contribution in [3.8, 4) is 28.7 Å². The van der Waals surface area contributed by atoms with Gasteiger partial charge in [0.1, 0.15) is 5.82 Å². The first-order chi connectivity index (χ1) is 25.5. The van der Waals surface area contributed by atoms with E-state index in [1.165, 1.54) is 11.1 Å². The van der Waals surface area contributed by atoms with E-state index in [1.807, 2.05) is 48.7 Å². The molecule has 4 heterocycles. The molecule has 0 bridgehead atoms. The van der Waals surface area contributed by atoms with Gasteiger partial charge in [0, 0.05) is 66.7 Å². The maximum Gasteiger partial charge on any atom is 0.135 e. The summed E-state index contributed by atoms with van der Waals surface area (Å²) in [7, 11) is 0. The number of nitrogens with zero attached hydrogens (tertiary/aromatic N) is 5. The maximum atomic E-state index is 6.55. The topological polar surface area (TPSA) is 48.1 Å². The van der Waals surface area contributed by atoms with Gasteiger partial charge in [0.2, 0.25) is 0 Å². The molecule has 260 valence electrons. The molecule has 0 unspecified atom stereocenters. The molecule has 3 aromatic heterocycles. The van der Waals surface area contributed by atoms with Gasteiger partial charge >= 0.3 is 0 Å². The van der Waals surface area contributed by atoms with Crippen molar-refractivity contribution < 1.29 is 25.8 Å². The molecule has 0 fully saturated rings. The fraction of sp³-hybridized carbons (Fsp3) is 0.0652. The molecule has 1 aliphatic heterocycles. The number of fused-ring (bicyclic) bond motifs is 8. The molecule has 10 rings (SSSR count). The summed E-state index contributed by atoms with van der Waals surface area (Å²) < 4.78 is 10.9. The average molecular weight is 866 g/mol. The number of hydrogen-bond acceptors (Lipinski definition) is 4. The minimum absolute atomic E-state index is 0. The van der Waals surface area contributed by atoms with Gasteiger partial charge in [-0.25, -0.2) is 4.98 Å². The molecule has 6 nitrogen and oxygen atoms in total. The Bertz CT molecular complexity index is 2800. The van der Waals surface area contributed by atoms with E-state index in [2.05, 4.69) is 150 Å². The summed E-state index contributed by atoms with van der Waals surface area (Å²) in [6.45, 7) is 6.60. The van der Waals surface area contributed by atoms with Crippen LogP contribution in [0.25, 0.3) is 50.0 Å². The summed E-state index contributed by atoms with van der Waals surface area (Å²) in [5.74, 6) is 2.94. The molecule has 0 atom stereocenters. The Hall–Kier alpha value is -6.10.